The molecule has 26 heavy (non-hydrogen) atoms. The quantitative estimate of drug-likeness (QED) is 0.807. The van der Waals surface area contributed by atoms with Crippen molar-refractivity contribution < 1.29 is 30.8 Å². The molecule has 3 nitrogen and oxygen atoms in total. The van der Waals surface area contributed by atoms with Crippen LogP contribution in [0.3, 0.4) is 0 Å². The molecule has 9 heteroatoms. The molecule has 2 aromatic rings. The molecule has 1 atom stereocenters. The first kappa shape index (κ1) is 18.8. The summed E-state index contributed by atoms with van der Waals surface area (Å²) < 4.78 is 84.3. The van der Waals surface area contributed by atoms with E-state index < -0.39 is 29.5 Å². The van der Waals surface area contributed by atoms with E-state index in [1.54, 1.807) is 12.1 Å². The maximum Gasteiger partial charge on any atom is 0.416 e. The maximum atomic E-state index is 13.2. The van der Waals surface area contributed by atoms with Crippen LogP contribution in [0.5, 0.6) is 0 Å². The third kappa shape index (κ3) is 4.04. The van der Waals surface area contributed by atoms with Crippen LogP contribution < -0.4 is 5.32 Å². The number of alkyl halides is 6. The minimum absolute atomic E-state index is 0.0935. The summed E-state index contributed by atoms with van der Waals surface area (Å²) in [5.41, 5.74) is -2.74. The Labute approximate surface area is 145 Å². The molecular formula is C17H16F6N2O. The molecule has 1 fully saturated rings. The molecule has 0 unspecified atom stereocenters. The summed E-state index contributed by atoms with van der Waals surface area (Å²) >= 11 is 0. The van der Waals surface area contributed by atoms with Crippen molar-refractivity contribution in [2.75, 3.05) is 26.2 Å². The monoisotopic (exact) mass is 378 g/mol. The molecule has 1 saturated heterocycles. The molecule has 1 aliphatic heterocycles. The van der Waals surface area contributed by atoms with Gasteiger partial charge in [-0.05, 0) is 35.9 Å². The van der Waals surface area contributed by atoms with Crippen LogP contribution >= 0.6 is 0 Å². The predicted octanol–water partition coefficient (Wildman–Crippen LogP) is 4.31. The van der Waals surface area contributed by atoms with Crippen LogP contribution in [0.25, 0.3) is 0 Å². The van der Waals surface area contributed by atoms with Gasteiger partial charge in [-0.3, -0.25) is 4.90 Å². The van der Waals surface area contributed by atoms with Crippen molar-refractivity contribution in [3.63, 3.8) is 0 Å². The van der Waals surface area contributed by atoms with Gasteiger partial charge >= 0.3 is 12.4 Å². The second kappa shape index (κ2) is 6.96. The van der Waals surface area contributed by atoms with E-state index in [1.807, 2.05) is 4.90 Å². The van der Waals surface area contributed by atoms with Crippen molar-refractivity contribution in [3.05, 3.63) is 59.0 Å². The van der Waals surface area contributed by atoms with Crippen LogP contribution in [0, 0.1) is 0 Å². The normalized spacial score (nSPS) is 18.1. The lowest BCUT2D eigenvalue weighted by molar-refractivity contribution is -0.143. The Bertz CT molecular complexity index is 700. The third-order valence-electron chi connectivity index (χ3n) is 4.26. The molecule has 0 saturated carbocycles. The number of benzene rings is 1. The number of nitrogens with one attached hydrogen (secondary N) is 1. The summed E-state index contributed by atoms with van der Waals surface area (Å²) in [6.45, 7) is 2.12. The molecule has 1 aromatic heterocycles. The lowest BCUT2D eigenvalue weighted by Gasteiger charge is -2.34. The van der Waals surface area contributed by atoms with Gasteiger partial charge in [-0.1, -0.05) is 0 Å². The smallest absolute Gasteiger partial charge is 0.416 e. The number of rotatable bonds is 3. The van der Waals surface area contributed by atoms with Crippen molar-refractivity contribution in [2.45, 2.75) is 18.4 Å². The average molecular weight is 378 g/mol. The van der Waals surface area contributed by atoms with Crippen LogP contribution in [0.1, 0.15) is 28.5 Å². The van der Waals surface area contributed by atoms with E-state index in [1.165, 1.54) is 6.26 Å². The first-order valence-electron chi connectivity index (χ1n) is 7.94. The molecular weight excluding hydrogens is 362 g/mol. The van der Waals surface area contributed by atoms with Gasteiger partial charge in [-0.2, -0.15) is 26.3 Å². The Morgan fingerprint density at radius 2 is 1.50 bits per heavy atom. The van der Waals surface area contributed by atoms with E-state index in [2.05, 4.69) is 5.32 Å². The number of furan rings is 1. The topological polar surface area (TPSA) is 28.4 Å². The Balaban J connectivity index is 2.13. The van der Waals surface area contributed by atoms with E-state index in [4.69, 9.17) is 4.42 Å². The van der Waals surface area contributed by atoms with Gasteiger partial charge in [0.15, 0.2) is 0 Å². The summed E-state index contributed by atoms with van der Waals surface area (Å²) in [4.78, 5) is 1.81. The zero-order valence-corrected chi connectivity index (χ0v) is 13.5. The fraction of sp³-hybridized carbons (Fsp3) is 0.412. The molecule has 1 aliphatic rings. The molecule has 1 N–H and O–H groups in total. The summed E-state index contributed by atoms with van der Waals surface area (Å²) in [5, 5.41) is 3.11. The Hall–Kier alpha value is -2.00. The van der Waals surface area contributed by atoms with E-state index in [-0.39, 0.29) is 11.6 Å². The minimum atomic E-state index is -4.88. The highest BCUT2D eigenvalue weighted by molar-refractivity contribution is 5.38. The molecule has 1 aromatic carbocycles. The largest absolute Gasteiger partial charge is 0.467 e. The molecule has 0 amide bonds. The van der Waals surface area contributed by atoms with E-state index in [9.17, 15) is 26.3 Å². The number of halogens is 6. The first-order valence-corrected chi connectivity index (χ1v) is 7.94. The van der Waals surface area contributed by atoms with Crippen molar-refractivity contribution in [2.24, 2.45) is 0 Å². The fourth-order valence-corrected chi connectivity index (χ4v) is 3.08. The van der Waals surface area contributed by atoms with Gasteiger partial charge in [0.05, 0.1) is 23.4 Å². The standard InChI is InChI=1S/C17H16F6N2O/c18-16(19,20)12-8-11(9-13(10-12)17(21,22)23)15(14-2-1-7-26-14)25-5-3-24-4-6-25/h1-2,7-10,15,24H,3-6H2/t15-/m0/s1. The summed E-state index contributed by atoms with van der Waals surface area (Å²) in [7, 11) is 0. The minimum Gasteiger partial charge on any atom is -0.467 e. The van der Waals surface area contributed by atoms with Crippen molar-refractivity contribution in [3.8, 4) is 0 Å². The number of hydrogen-bond donors (Lipinski definition) is 1. The molecule has 0 spiro atoms. The highest BCUT2D eigenvalue weighted by atomic mass is 19.4. The Kier molecular flexibility index (Phi) is 5.03. The highest BCUT2D eigenvalue weighted by Crippen LogP contribution is 2.39. The zero-order chi connectivity index (χ0) is 18.9. The second-order valence-electron chi connectivity index (χ2n) is 6.04. The maximum absolute atomic E-state index is 13.2. The third-order valence-corrected chi connectivity index (χ3v) is 4.26. The predicted molar refractivity (Wildman–Crippen MR) is 81.4 cm³/mol. The zero-order valence-electron chi connectivity index (χ0n) is 13.5. The van der Waals surface area contributed by atoms with Crippen LogP contribution in [-0.4, -0.2) is 31.1 Å². The van der Waals surface area contributed by atoms with E-state index in [0.29, 0.717) is 31.9 Å². The fourth-order valence-electron chi connectivity index (χ4n) is 3.08. The van der Waals surface area contributed by atoms with Gasteiger partial charge in [-0.15, -0.1) is 0 Å². The second-order valence-corrected chi connectivity index (χ2v) is 6.04. The molecule has 0 bridgehead atoms. The van der Waals surface area contributed by atoms with Crippen LogP contribution in [0.2, 0.25) is 0 Å². The number of piperazine rings is 1. The molecule has 0 radical (unpaired) electrons. The Morgan fingerprint density at radius 3 is 1.96 bits per heavy atom. The van der Waals surface area contributed by atoms with Crippen molar-refractivity contribution >= 4 is 0 Å². The lowest BCUT2D eigenvalue weighted by Crippen LogP contribution is -2.45. The number of nitrogens with zero attached hydrogens (tertiary/aromatic N) is 1. The van der Waals surface area contributed by atoms with Gasteiger partial charge in [0.2, 0.25) is 0 Å². The van der Waals surface area contributed by atoms with Gasteiger partial charge in [-0.25, -0.2) is 0 Å². The highest BCUT2D eigenvalue weighted by Gasteiger charge is 2.38. The molecule has 3 rings (SSSR count). The van der Waals surface area contributed by atoms with Crippen molar-refractivity contribution in [1.29, 1.82) is 0 Å². The van der Waals surface area contributed by atoms with Crippen molar-refractivity contribution in [1.82, 2.24) is 10.2 Å². The molecule has 2 heterocycles. The van der Waals surface area contributed by atoms with E-state index in [0.717, 1.165) is 12.1 Å². The van der Waals surface area contributed by atoms with Gasteiger partial charge in [0, 0.05) is 26.2 Å². The SMILES string of the molecule is FC(F)(F)c1cc([C@@H](c2ccco2)N2CCNCC2)cc(C(F)(F)F)c1. The van der Waals surface area contributed by atoms with Gasteiger partial charge < -0.3 is 9.73 Å². The molecule has 142 valence electrons. The summed E-state index contributed by atoms with van der Waals surface area (Å²) in [5.74, 6) is 0.305. The lowest BCUT2D eigenvalue weighted by atomic mass is 9.96. The van der Waals surface area contributed by atoms with E-state index >= 15 is 0 Å². The van der Waals surface area contributed by atoms with Gasteiger partial charge in [0.25, 0.3) is 0 Å². The summed E-state index contributed by atoms with van der Waals surface area (Å²) in [6, 6.07) is 3.97. The summed E-state index contributed by atoms with van der Waals surface area (Å²) in [6.07, 6.45) is -8.41. The Morgan fingerprint density at radius 1 is 0.923 bits per heavy atom. The first-order chi connectivity index (χ1) is 12.2. The molecule has 0 aliphatic carbocycles. The van der Waals surface area contributed by atoms with Crippen LogP contribution in [-0.2, 0) is 12.4 Å². The van der Waals surface area contributed by atoms with Crippen LogP contribution in [0.4, 0.5) is 26.3 Å². The van der Waals surface area contributed by atoms with Gasteiger partial charge in [0.1, 0.15) is 5.76 Å². The number of hydrogen-bond acceptors (Lipinski definition) is 3. The average Bonchev–Trinajstić information content (AvgIpc) is 3.08. The van der Waals surface area contributed by atoms with Crippen LogP contribution in [0.15, 0.2) is 41.0 Å².